The number of hydrogen-bond donors (Lipinski definition) is 1. The molecule has 1 aliphatic rings. The van der Waals surface area contributed by atoms with Gasteiger partial charge >= 0.3 is 6.36 Å². The summed E-state index contributed by atoms with van der Waals surface area (Å²) in [5.74, 6) is 0.468. The monoisotopic (exact) mass is 404 g/mol. The predicted molar refractivity (Wildman–Crippen MR) is 99.2 cm³/mol. The van der Waals surface area contributed by atoms with Crippen molar-refractivity contribution < 1.29 is 27.2 Å². The Labute approximate surface area is 165 Å². The van der Waals surface area contributed by atoms with Crippen molar-refractivity contribution in [2.75, 3.05) is 13.2 Å². The molecule has 1 aliphatic heterocycles. The number of benzene rings is 2. The van der Waals surface area contributed by atoms with Crippen LogP contribution in [0.5, 0.6) is 5.75 Å². The standard InChI is InChI=1S/C21H19F3N2O3/c22-21(23,24)28-18-8-6-15(7-9-18)12-25-20(13-27-14-20)11-17-10-19(29-26-17)16-4-2-1-3-5-16/h1-10,25H,11-14H2. The highest BCUT2D eigenvalue weighted by molar-refractivity contribution is 5.56. The van der Waals surface area contributed by atoms with E-state index in [1.807, 2.05) is 36.4 Å². The Balaban J connectivity index is 1.37. The number of halogens is 3. The third-order valence-corrected chi connectivity index (χ3v) is 4.72. The van der Waals surface area contributed by atoms with Crippen LogP contribution >= 0.6 is 0 Å². The molecule has 4 rings (SSSR count). The van der Waals surface area contributed by atoms with Crippen molar-refractivity contribution in [2.24, 2.45) is 0 Å². The van der Waals surface area contributed by atoms with Crippen molar-refractivity contribution in [1.29, 1.82) is 0 Å². The minimum atomic E-state index is -4.69. The van der Waals surface area contributed by atoms with E-state index in [2.05, 4.69) is 15.2 Å². The van der Waals surface area contributed by atoms with Crippen molar-refractivity contribution in [3.63, 3.8) is 0 Å². The molecule has 0 unspecified atom stereocenters. The molecule has 5 nitrogen and oxygen atoms in total. The summed E-state index contributed by atoms with van der Waals surface area (Å²) in [7, 11) is 0. The van der Waals surface area contributed by atoms with Gasteiger partial charge in [0.05, 0.1) is 24.4 Å². The summed E-state index contributed by atoms with van der Waals surface area (Å²) in [4.78, 5) is 0. The molecule has 0 atom stereocenters. The van der Waals surface area contributed by atoms with Crippen LogP contribution in [-0.2, 0) is 17.7 Å². The minimum Gasteiger partial charge on any atom is -0.406 e. The molecule has 152 valence electrons. The minimum absolute atomic E-state index is 0.237. The predicted octanol–water partition coefficient (Wildman–Crippen LogP) is 4.34. The van der Waals surface area contributed by atoms with Crippen LogP contribution in [0.1, 0.15) is 11.3 Å². The van der Waals surface area contributed by atoms with Crippen molar-refractivity contribution in [2.45, 2.75) is 24.9 Å². The average molecular weight is 404 g/mol. The van der Waals surface area contributed by atoms with Gasteiger partial charge in [-0.3, -0.25) is 0 Å². The normalized spacial score (nSPS) is 15.7. The van der Waals surface area contributed by atoms with Crippen LogP contribution in [0.15, 0.2) is 65.2 Å². The molecular weight excluding hydrogens is 385 g/mol. The maximum atomic E-state index is 12.3. The molecule has 1 fully saturated rings. The fourth-order valence-electron chi connectivity index (χ4n) is 3.19. The molecule has 0 spiro atoms. The second kappa shape index (κ2) is 7.88. The summed E-state index contributed by atoms with van der Waals surface area (Å²) < 4.78 is 51.5. The summed E-state index contributed by atoms with van der Waals surface area (Å²) in [6, 6.07) is 17.4. The highest BCUT2D eigenvalue weighted by Crippen LogP contribution is 2.27. The first-order chi connectivity index (χ1) is 13.9. The molecule has 2 aromatic carbocycles. The molecule has 8 heteroatoms. The van der Waals surface area contributed by atoms with E-state index in [0.717, 1.165) is 16.8 Å². The van der Waals surface area contributed by atoms with Crippen molar-refractivity contribution >= 4 is 0 Å². The number of alkyl halides is 3. The van der Waals surface area contributed by atoms with Gasteiger partial charge in [0.1, 0.15) is 5.75 Å². The summed E-state index contributed by atoms with van der Waals surface area (Å²) in [5.41, 5.74) is 2.33. The summed E-state index contributed by atoms with van der Waals surface area (Å²) in [6.45, 7) is 1.53. The molecule has 1 saturated heterocycles. The van der Waals surface area contributed by atoms with Gasteiger partial charge < -0.3 is 19.3 Å². The van der Waals surface area contributed by atoms with E-state index in [4.69, 9.17) is 9.26 Å². The van der Waals surface area contributed by atoms with Crippen LogP contribution in [0.25, 0.3) is 11.3 Å². The molecule has 0 amide bonds. The second-order valence-electron chi connectivity index (χ2n) is 7.04. The van der Waals surface area contributed by atoms with Crippen LogP contribution in [0, 0.1) is 0 Å². The summed E-state index contributed by atoms with van der Waals surface area (Å²) >= 11 is 0. The molecule has 1 aromatic heterocycles. The number of nitrogens with one attached hydrogen (secondary N) is 1. The lowest BCUT2D eigenvalue weighted by molar-refractivity contribution is -0.274. The molecule has 0 radical (unpaired) electrons. The third kappa shape index (κ3) is 4.96. The summed E-state index contributed by atoms with van der Waals surface area (Å²) in [5, 5.41) is 7.61. The van der Waals surface area contributed by atoms with E-state index in [1.54, 1.807) is 12.1 Å². The molecular formula is C21H19F3N2O3. The number of nitrogens with zero attached hydrogens (tertiary/aromatic N) is 1. The first kappa shape index (κ1) is 19.5. The zero-order valence-electron chi connectivity index (χ0n) is 15.4. The molecule has 3 aromatic rings. The Hall–Kier alpha value is -2.84. The largest absolute Gasteiger partial charge is 0.573 e. The Bertz CT molecular complexity index is 936. The van der Waals surface area contributed by atoms with Gasteiger partial charge in [0.25, 0.3) is 0 Å². The first-order valence-electron chi connectivity index (χ1n) is 9.09. The first-order valence-corrected chi connectivity index (χ1v) is 9.09. The average Bonchev–Trinajstić information content (AvgIpc) is 3.13. The van der Waals surface area contributed by atoms with Gasteiger partial charge in [0.15, 0.2) is 5.76 Å². The van der Waals surface area contributed by atoms with E-state index in [9.17, 15) is 13.2 Å². The smallest absolute Gasteiger partial charge is 0.406 e. The van der Waals surface area contributed by atoms with Crippen LogP contribution in [0.4, 0.5) is 13.2 Å². The van der Waals surface area contributed by atoms with Crippen LogP contribution < -0.4 is 10.1 Å². The maximum absolute atomic E-state index is 12.3. The lowest BCUT2D eigenvalue weighted by atomic mass is 9.90. The van der Waals surface area contributed by atoms with E-state index in [1.165, 1.54) is 12.1 Å². The topological polar surface area (TPSA) is 56.5 Å². The van der Waals surface area contributed by atoms with E-state index >= 15 is 0 Å². The molecule has 29 heavy (non-hydrogen) atoms. The van der Waals surface area contributed by atoms with Crippen molar-refractivity contribution in [1.82, 2.24) is 10.5 Å². The van der Waals surface area contributed by atoms with Gasteiger partial charge in [0, 0.05) is 24.6 Å². The zero-order chi connectivity index (χ0) is 20.3. The number of hydrogen-bond acceptors (Lipinski definition) is 5. The Morgan fingerprint density at radius 1 is 1.03 bits per heavy atom. The quantitative estimate of drug-likeness (QED) is 0.635. The highest BCUT2D eigenvalue weighted by atomic mass is 19.4. The molecule has 1 N–H and O–H groups in total. The van der Waals surface area contributed by atoms with Crippen LogP contribution in [0.2, 0.25) is 0 Å². The van der Waals surface area contributed by atoms with E-state index in [-0.39, 0.29) is 11.3 Å². The van der Waals surface area contributed by atoms with Crippen LogP contribution in [0.3, 0.4) is 0 Å². The fourth-order valence-corrected chi connectivity index (χ4v) is 3.19. The number of ether oxygens (including phenoxy) is 2. The van der Waals surface area contributed by atoms with Crippen molar-refractivity contribution in [3.05, 3.63) is 71.9 Å². The van der Waals surface area contributed by atoms with Gasteiger partial charge in [-0.1, -0.05) is 47.6 Å². The summed E-state index contributed by atoms with van der Waals surface area (Å²) in [6.07, 6.45) is -4.07. The fraction of sp³-hybridized carbons (Fsp3) is 0.286. The number of rotatable bonds is 7. The third-order valence-electron chi connectivity index (χ3n) is 4.72. The van der Waals surface area contributed by atoms with Gasteiger partial charge in [0.2, 0.25) is 0 Å². The Kier molecular flexibility index (Phi) is 5.29. The molecule has 2 heterocycles. The molecule has 0 aliphatic carbocycles. The van der Waals surface area contributed by atoms with Gasteiger partial charge in [-0.25, -0.2) is 0 Å². The Morgan fingerprint density at radius 3 is 2.38 bits per heavy atom. The van der Waals surface area contributed by atoms with E-state index < -0.39 is 6.36 Å². The maximum Gasteiger partial charge on any atom is 0.573 e. The number of aromatic nitrogens is 1. The van der Waals surface area contributed by atoms with Gasteiger partial charge in [-0.05, 0) is 17.7 Å². The Morgan fingerprint density at radius 2 is 1.76 bits per heavy atom. The lowest BCUT2D eigenvalue weighted by Gasteiger charge is -2.42. The second-order valence-corrected chi connectivity index (χ2v) is 7.04. The molecule has 0 saturated carbocycles. The SMILES string of the molecule is FC(F)(F)Oc1ccc(CNC2(Cc3cc(-c4ccccc4)on3)COC2)cc1. The van der Waals surface area contributed by atoms with Crippen molar-refractivity contribution in [3.8, 4) is 17.1 Å². The zero-order valence-corrected chi connectivity index (χ0v) is 15.4. The molecule has 0 bridgehead atoms. The van der Waals surface area contributed by atoms with E-state index in [0.29, 0.717) is 31.9 Å². The highest BCUT2D eigenvalue weighted by Gasteiger charge is 2.39. The van der Waals surface area contributed by atoms with Crippen LogP contribution in [-0.4, -0.2) is 30.3 Å². The lowest BCUT2D eigenvalue weighted by Crippen LogP contribution is -2.61. The van der Waals surface area contributed by atoms with Gasteiger partial charge in [-0.15, -0.1) is 13.2 Å². The van der Waals surface area contributed by atoms with Gasteiger partial charge in [-0.2, -0.15) is 0 Å².